The summed E-state index contributed by atoms with van der Waals surface area (Å²) in [5.74, 6) is 0.0627. The van der Waals surface area contributed by atoms with Crippen LogP contribution in [0.5, 0.6) is 0 Å². The first-order chi connectivity index (χ1) is 9.83. The first-order valence-corrected chi connectivity index (χ1v) is 7.03. The van der Waals surface area contributed by atoms with E-state index in [-0.39, 0.29) is 11.9 Å². The molecule has 2 N–H and O–H groups in total. The van der Waals surface area contributed by atoms with E-state index in [1.54, 1.807) is 0 Å². The first-order valence-electron chi connectivity index (χ1n) is 7.03. The summed E-state index contributed by atoms with van der Waals surface area (Å²) < 4.78 is 0. The Morgan fingerprint density at radius 2 is 1.85 bits per heavy atom. The van der Waals surface area contributed by atoms with Gasteiger partial charge in [-0.2, -0.15) is 0 Å². The fraction of sp³-hybridized carbons (Fsp3) is 0.235. The van der Waals surface area contributed by atoms with Crippen molar-refractivity contribution in [3.05, 3.63) is 54.6 Å². The molecule has 3 heteroatoms. The highest BCUT2D eigenvalue weighted by atomic mass is 16.2. The Kier molecular flexibility index (Phi) is 3.79. The van der Waals surface area contributed by atoms with Crippen LogP contribution in [0.2, 0.25) is 0 Å². The molecule has 20 heavy (non-hydrogen) atoms. The third kappa shape index (κ3) is 2.89. The maximum absolute atomic E-state index is 12.1. The minimum Gasteiger partial charge on any atom is -0.325 e. The van der Waals surface area contributed by atoms with E-state index in [1.165, 1.54) is 0 Å². The Labute approximate surface area is 119 Å². The molecule has 0 unspecified atom stereocenters. The van der Waals surface area contributed by atoms with Crippen LogP contribution in [-0.4, -0.2) is 18.5 Å². The summed E-state index contributed by atoms with van der Waals surface area (Å²) in [6, 6.07) is 18.1. The van der Waals surface area contributed by atoms with Gasteiger partial charge in [0.1, 0.15) is 0 Å². The third-order valence-corrected chi connectivity index (χ3v) is 3.61. The van der Waals surface area contributed by atoms with Gasteiger partial charge in [0.2, 0.25) is 5.91 Å². The third-order valence-electron chi connectivity index (χ3n) is 3.61. The highest BCUT2D eigenvalue weighted by molar-refractivity contribution is 5.95. The van der Waals surface area contributed by atoms with E-state index in [1.807, 2.05) is 36.4 Å². The molecule has 1 fully saturated rings. The van der Waals surface area contributed by atoms with E-state index in [4.69, 9.17) is 0 Å². The number of nitrogens with one attached hydrogen (secondary N) is 2. The second-order valence-electron chi connectivity index (χ2n) is 5.09. The number of carbonyl (C=O) groups is 1. The zero-order valence-electron chi connectivity index (χ0n) is 11.3. The van der Waals surface area contributed by atoms with Gasteiger partial charge in [-0.3, -0.25) is 4.79 Å². The molecule has 1 atom stereocenters. The number of hydrogen-bond acceptors (Lipinski definition) is 2. The summed E-state index contributed by atoms with van der Waals surface area (Å²) in [6.45, 7) is 0.933. The number of hydrogen-bond donors (Lipinski definition) is 2. The van der Waals surface area contributed by atoms with Crippen molar-refractivity contribution < 1.29 is 4.79 Å². The monoisotopic (exact) mass is 266 g/mol. The fourth-order valence-electron chi connectivity index (χ4n) is 2.54. The number of rotatable bonds is 3. The Bertz CT molecular complexity index is 589. The molecule has 3 rings (SSSR count). The van der Waals surface area contributed by atoms with Crippen LogP contribution < -0.4 is 10.6 Å². The fourth-order valence-corrected chi connectivity index (χ4v) is 2.54. The largest absolute Gasteiger partial charge is 0.325 e. The zero-order chi connectivity index (χ0) is 13.8. The Morgan fingerprint density at radius 1 is 1.05 bits per heavy atom. The summed E-state index contributed by atoms with van der Waals surface area (Å²) in [7, 11) is 0. The van der Waals surface area contributed by atoms with Crippen molar-refractivity contribution in [2.45, 2.75) is 18.9 Å². The number of benzene rings is 2. The lowest BCUT2D eigenvalue weighted by Crippen LogP contribution is -2.35. The molecule has 0 bridgehead atoms. The molecule has 1 heterocycles. The standard InChI is InChI=1S/C17H18N2O/c20-17(16-10-5-11-18-16)19-15-9-4-8-14(12-15)13-6-2-1-3-7-13/h1-4,6-9,12,16,18H,5,10-11H2,(H,19,20)/t16-/m0/s1. The van der Waals surface area contributed by atoms with Gasteiger partial charge in [-0.1, -0.05) is 42.5 Å². The second kappa shape index (κ2) is 5.88. The topological polar surface area (TPSA) is 41.1 Å². The average Bonchev–Trinajstić information content (AvgIpc) is 3.03. The zero-order valence-corrected chi connectivity index (χ0v) is 11.3. The van der Waals surface area contributed by atoms with Gasteiger partial charge >= 0.3 is 0 Å². The van der Waals surface area contributed by atoms with Gasteiger partial charge in [0.05, 0.1) is 6.04 Å². The smallest absolute Gasteiger partial charge is 0.241 e. The molecule has 2 aromatic carbocycles. The molecule has 0 saturated carbocycles. The van der Waals surface area contributed by atoms with Crippen LogP contribution in [0.25, 0.3) is 11.1 Å². The van der Waals surface area contributed by atoms with Gasteiger partial charge in [0.25, 0.3) is 0 Å². The van der Waals surface area contributed by atoms with E-state index in [0.717, 1.165) is 36.2 Å². The van der Waals surface area contributed by atoms with Crippen LogP contribution in [0.4, 0.5) is 5.69 Å². The number of carbonyl (C=O) groups excluding carboxylic acids is 1. The molecule has 0 spiro atoms. The summed E-state index contributed by atoms with van der Waals surface area (Å²) >= 11 is 0. The minimum absolute atomic E-state index is 0.0459. The molecule has 3 nitrogen and oxygen atoms in total. The van der Waals surface area contributed by atoms with E-state index in [0.29, 0.717) is 0 Å². The lowest BCUT2D eigenvalue weighted by molar-refractivity contribution is -0.117. The Balaban J connectivity index is 1.76. The van der Waals surface area contributed by atoms with E-state index in [2.05, 4.69) is 28.8 Å². The first kappa shape index (κ1) is 12.9. The Hall–Kier alpha value is -2.13. The van der Waals surface area contributed by atoms with E-state index < -0.39 is 0 Å². The normalized spacial score (nSPS) is 17.9. The maximum atomic E-state index is 12.1. The molecule has 1 aliphatic rings. The van der Waals surface area contributed by atoms with Crippen LogP contribution in [0.1, 0.15) is 12.8 Å². The summed E-state index contributed by atoms with van der Waals surface area (Å²) in [4.78, 5) is 12.1. The van der Waals surface area contributed by atoms with Crippen molar-refractivity contribution in [1.29, 1.82) is 0 Å². The van der Waals surface area contributed by atoms with Crippen molar-refractivity contribution in [3.8, 4) is 11.1 Å². The van der Waals surface area contributed by atoms with Crippen LogP contribution >= 0.6 is 0 Å². The van der Waals surface area contributed by atoms with E-state index >= 15 is 0 Å². The van der Waals surface area contributed by atoms with E-state index in [9.17, 15) is 4.79 Å². The molecule has 1 saturated heterocycles. The molecule has 0 aromatic heterocycles. The van der Waals surface area contributed by atoms with Crippen LogP contribution in [0.15, 0.2) is 54.6 Å². The predicted molar refractivity (Wildman–Crippen MR) is 81.5 cm³/mol. The number of anilines is 1. The van der Waals surface area contributed by atoms with Crippen LogP contribution in [0, 0.1) is 0 Å². The van der Waals surface area contributed by atoms with Gasteiger partial charge in [-0.15, -0.1) is 0 Å². The van der Waals surface area contributed by atoms with Crippen molar-refractivity contribution in [3.63, 3.8) is 0 Å². The second-order valence-corrected chi connectivity index (χ2v) is 5.09. The summed E-state index contributed by atoms with van der Waals surface area (Å²) in [5, 5.41) is 6.20. The number of amides is 1. The van der Waals surface area contributed by atoms with Crippen molar-refractivity contribution >= 4 is 11.6 Å². The van der Waals surface area contributed by atoms with Crippen LogP contribution in [-0.2, 0) is 4.79 Å². The molecule has 1 amide bonds. The van der Waals surface area contributed by atoms with Gasteiger partial charge in [-0.25, -0.2) is 0 Å². The quantitative estimate of drug-likeness (QED) is 0.896. The molecular weight excluding hydrogens is 248 g/mol. The van der Waals surface area contributed by atoms with Gasteiger partial charge < -0.3 is 10.6 Å². The van der Waals surface area contributed by atoms with Crippen molar-refractivity contribution in [2.75, 3.05) is 11.9 Å². The van der Waals surface area contributed by atoms with Crippen LogP contribution in [0.3, 0.4) is 0 Å². The lowest BCUT2D eigenvalue weighted by atomic mass is 10.1. The summed E-state index contributed by atoms with van der Waals surface area (Å²) in [6.07, 6.45) is 1.99. The highest BCUT2D eigenvalue weighted by Crippen LogP contribution is 2.22. The average molecular weight is 266 g/mol. The minimum atomic E-state index is -0.0459. The molecule has 102 valence electrons. The van der Waals surface area contributed by atoms with Gasteiger partial charge in [0.15, 0.2) is 0 Å². The van der Waals surface area contributed by atoms with Gasteiger partial charge in [-0.05, 0) is 42.6 Å². The Morgan fingerprint density at radius 3 is 2.60 bits per heavy atom. The van der Waals surface area contributed by atoms with Crippen molar-refractivity contribution in [2.24, 2.45) is 0 Å². The van der Waals surface area contributed by atoms with Crippen molar-refractivity contribution in [1.82, 2.24) is 5.32 Å². The lowest BCUT2D eigenvalue weighted by Gasteiger charge is -2.12. The molecular formula is C17H18N2O. The predicted octanol–water partition coefficient (Wildman–Crippen LogP) is 3.04. The molecule has 0 radical (unpaired) electrons. The highest BCUT2D eigenvalue weighted by Gasteiger charge is 2.21. The maximum Gasteiger partial charge on any atom is 0.241 e. The SMILES string of the molecule is O=C(Nc1cccc(-c2ccccc2)c1)[C@@H]1CCCN1. The summed E-state index contributed by atoms with van der Waals surface area (Å²) in [5.41, 5.74) is 3.12. The molecule has 0 aliphatic carbocycles. The van der Waals surface area contributed by atoms with Gasteiger partial charge in [0, 0.05) is 5.69 Å². The molecule has 2 aromatic rings. The molecule has 1 aliphatic heterocycles.